The molecule has 1 aliphatic heterocycles. The van der Waals surface area contributed by atoms with Gasteiger partial charge in [0.15, 0.2) is 0 Å². The van der Waals surface area contributed by atoms with Gasteiger partial charge in [0, 0.05) is 44.5 Å². The largest absolute Gasteiger partial charge is 0.497 e. The van der Waals surface area contributed by atoms with Crippen molar-refractivity contribution in [2.45, 2.75) is 26.3 Å². The number of para-hydroxylation sites is 2. The monoisotopic (exact) mass is 436 g/mol. The molecular formula is C24H28N4O4. The number of amides is 2. The number of hydrogen-bond donors (Lipinski definition) is 1. The summed E-state index contributed by atoms with van der Waals surface area (Å²) in [6.45, 7) is 4.28. The summed E-state index contributed by atoms with van der Waals surface area (Å²) in [7, 11) is 1.58. The van der Waals surface area contributed by atoms with Crippen molar-refractivity contribution < 1.29 is 19.1 Å². The van der Waals surface area contributed by atoms with Crippen LogP contribution in [-0.2, 0) is 20.9 Å². The number of aromatic nitrogens is 2. The molecule has 0 bridgehead atoms. The van der Waals surface area contributed by atoms with E-state index in [0.717, 1.165) is 23.1 Å². The van der Waals surface area contributed by atoms with Crippen LogP contribution in [0.3, 0.4) is 0 Å². The highest BCUT2D eigenvalue weighted by Gasteiger charge is 2.35. The minimum absolute atomic E-state index is 0.0800. The molecule has 8 nitrogen and oxygen atoms in total. The molecule has 32 heavy (non-hydrogen) atoms. The maximum absolute atomic E-state index is 13.1. The van der Waals surface area contributed by atoms with E-state index in [1.807, 2.05) is 54.0 Å². The Kier molecular flexibility index (Phi) is 6.70. The molecule has 1 aliphatic rings. The summed E-state index contributed by atoms with van der Waals surface area (Å²) in [6, 6.07) is 15.1. The number of imidazole rings is 1. The van der Waals surface area contributed by atoms with E-state index in [1.165, 1.54) is 0 Å². The molecule has 8 heteroatoms. The molecule has 2 heterocycles. The summed E-state index contributed by atoms with van der Waals surface area (Å²) in [5.74, 6) is 0.433. The fourth-order valence-corrected chi connectivity index (χ4v) is 3.99. The van der Waals surface area contributed by atoms with E-state index in [2.05, 4.69) is 10.3 Å². The number of nitrogens with one attached hydrogen (secondary N) is 1. The molecule has 2 aromatic carbocycles. The lowest BCUT2D eigenvalue weighted by atomic mass is 10.1. The highest BCUT2D eigenvalue weighted by Crippen LogP contribution is 2.29. The van der Waals surface area contributed by atoms with Crippen LogP contribution in [-0.4, -0.2) is 48.2 Å². The van der Waals surface area contributed by atoms with Gasteiger partial charge in [0.2, 0.25) is 17.8 Å². The van der Waals surface area contributed by atoms with E-state index in [9.17, 15) is 9.59 Å². The lowest BCUT2D eigenvalue weighted by Gasteiger charge is -2.17. The third-order valence-electron chi connectivity index (χ3n) is 5.62. The average Bonchev–Trinajstić information content (AvgIpc) is 3.37. The van der Waals surface area contributed by atoms with Crippen LogP contribution in [0.1, 0.15) is 19.8 Å². The molecule has 1 saturated heterocycles. The molecule has 3 aromatic rings. The van der Waals surface area contributed by atoms with Gasteiger partial charge in [0.05, 0.1) is 24.1 Å². The molecule has 0 aliphatic carbocycles. The Morgan fingerprint density at radius 2 is 2.06 bits per heavy atom. The number of hydrogen-bond acceptors (Lipinski definition) is 5. The summed E-state index contributed by atoms with van der Waals surface area (Å²) >= 11 is 0. The SMILES string of the molecule is CCOCCCn1c(NC(=O)C2CC(=O)N(c3cccc(OC)c3)C2)nc2ccccc21. The molecule has 1 fully saturated rings. The highest BCUT2D eigenvalue weighted by atomic mass is 16.5. The maximum atomic E-state index is 13.1. The normalized spacial score (nSPS) is 16.0. The molecule has 2 amide bonds. The van der Waals surface area contributed by atoms with E-state index in [1.54, 1.807) is 18.1 Å². The average molecular weight is 437 g/mol. The number of anilines is 2. The topological polar surface area (TPSA) is 85.7 Å². The first kappa shape index (κ1) is 21.8. The number of fused-ring (bicyclic) bond motifs is 1. The zero-order chi connectivity index (χ0) is 22.5. The van der Waals surface area contributed by atoms with Crippen molar-refractivity contribution in [3.63, 3.8) is 0 Å². The standard InChI is InChI=1S/C24H28N4O4/c1-3-32-13-7-12-27-21-11-5-4-10-20(21)25-24(27)26-23(30)17-14-22(29)28(16-17)18-8-6-9-19(15-18)31-2/h4-6,8-11,15,17H,3,7,12-14,16H2,1-2H3,(H,25,26,30). The van der Waals surface area contributed by atoms with E-state index >= 15 is 0 Å². The predicted molar refractivity (Wildman–Crippen MR) is 123 cm³/mol. The molecule has 1 atom stereocenters. The second-order valence-electron chi connectivity index (χ2n) is 7.72. The van der Waals surface area contributed by atoms with Gasteiger partial charge in [0.1, 0.15) is 5.75 Å². The van der Waals surface area contributed by atoms with Crippen molar-refractivity contribution >= 4 is 34.5 Å². The van der Waals surface area contributed by atoms with Gasteiger partial charge < -0.3 is 18.9 Å². The van der Waals surface area contributed by atoms with Gasteiger partial charge in [-0.3, -0.25) is 14.9 Å². The molecule has 4 rings (SSSR count). The van der Waals surface area contributed by atoms with Crippen LogP contribution in [0.4, 0.5) is 11.6 Å². The van der Waals surface area contributed by atoms with Gasteiger partial charge in [-0.2, -0.15) is 0 Å². The number of rotatable bonds is 9. The first-order valence-electron chi connectivity index (χ1n) is 10.9. The van der Waals surface area contributed by atoms with Crippen molar-refractivity contribution in [2.24, 2.45) is 5.92 Å². The third-order valence-corrected chi connectivity index (χ3v) is 5.62. The first-order chi connectivity index (χ1) is 15.6. The second kappa shape index (κ2) is 9.82. The fourth-order valence-electron chi connectivity index (χ4n) is 3.99. The number of carbonyl (C=O) groups is 2. The lowest BCUT2D eigenvalue weighted by Crippen LogP contribution is -2.29. The van der Waals surface area contributed by atoms with Gasteiger partial charge in [-0.05, 0) is 37.6 Å². The first-order valence-corrected chi connectivity index (χ1v) is 10.9. The summed E-state index contributed by atoms with van der Waals surface area (Å²) in [5, 5.41) is 2.97. The quantitative estimate of drug-likeness (QED) is 0.519. The minimum Gasteiger partial charge on any atom is -0.497 e. The Morgan fingerprint density at radius 3 is 2.88 bits per heavy atom. The number of aryl methyl sites for hydroxylation is 1. The highest BCUT2D eigenvalue weighted by molar-refractivity contribution is 6.03. The molecule has 0 saturated carbocycles. The number of benzene rings is 2. The fraction of sp³-hybridized carbons (Fsp3) is 0.375. The zero-order valence-corrected chi connectivity index (χ0v) is 18.4. The number of carbonyl (C=O) groups excluding carboxylic acids is 2. The molecule has 0 spiro atoms. The Balaban J connectivity index is 1.49. The van der Waals surface area contributed by atoms with Crippen LogP contribution in [0.2, 0.25) is 0 Å². The molecule has 168 valence electrons. The summed E-state index contributed by atoms with van der Waals surface area (Å²) in [4.78, 5) is 31.9. The van der Waals surface area contributed by atoms with E-state index in [0.29, 0.717) is 38.0 Å². The zero-order valence-electron chi connectivity index (χ0n) is 18.4. The van der Waals surface area contributed by atoms with Crippen molar-refractivity contribution in [2.75, 3.05) is 37.1 Å². The second-order valence-corrected chi connectivity index (χ2v) is 7.72. The van der Waals surface area contributed by atoms with Crippen molar-refractivity contribution in [3.8, 4) is 5.75 Å². The van der Waals surface area contributed by atoms with Crippen LogP contribution in [0.5, 0.6) is 5.75 Å². The van der Waals surface area contributed by atoms with E-state index in [4.69, 9.17) is 9.47 Å². The van der Waals surface area contributed by atoms with Gasteiger partial charge >= 0.3 is 0 Å². The van der Waals surface area contributed by atoms with Crippen LogP contribution in [0.25, 0.3) is 11.0 Å². The lowest BCUT2D eigenvalue weighted by molar-refractivity contribution is -0.122. The third kappa shape index (κ3) is 4.60. The smallest absolute Gasteiger partial charge is 0.232 e. The van der Waals surface area contributed by atoms with Gasteiger partial charge in [-0.25, -0.2) is 4.98 Å². The Hall–Kier alpha value is -3.39. The summed E-state index contributed by atoms with van der Waals surface area (Å²) in [5.41, 5.74) is 2.51. The Bertz CT molecular complexity index is 1110. The number of methoxy groups -OCH3 is 1. The van der Waals surface area contributed by atoms with Gasteiger partial charge in [-0.15, -0.1) is 0 Å². The molecule has 1 N–H and O–H groups in total. The number of nitrogens with zero attached hydrogens (tertiary/aromatic N) is 3. The van der Waals surface area contributed by atoms with Crippen LogP contribution < -0.4 is 15.0 Å². The van der Waals surface area contributed by atoms with E-state index < -0.39 is 5.92 Å². The van der Waals surface area contributed by atoms with Crippen molar-refractivity contribution in [1.29, 1.82) is 0 Å². The van der Waals surface area contributed by atoms with Crippen LogP contribution in [0, 0.1) is 5.92 Å². The Labute approximate surface area is 187 Å². The summed E-state index contributed by atoms with van der Waals surface area (Å²) < 4.78 is 12.7. The molecular weight excluding hydrogens is 408 g/mol. The van der Waals surface area contributed by atoms with Gasteiger partial charge in [0.25, 0.3) is 0 Å². The van der Waals surface area contributed by atoms with E-state index in [-0.39, 0.29) is 18.2 Å². The maximum Gasteiger partial charge on any atom is 0.232 e. The van der Waals surface area contributed by atoms with Crippen molar-refractivity contribution in [1.82, 2.24) is 9.55 Å². The van der Waals surface area contributed by atoms with Crippen molar-refractivity contribution in [3.05, 3.63) is 48.5 Å². The number of ether oxygens (including phenoxy) is 2. The molecule has 1 aromatic heterocycles. The summed E-state index contributed by atoms with van der Waals surface area (Å²) in [6.07, 6.45) is 0.968. The van der Waals surface area contributed by atoms with Gasteiger partial charge in [-0.1, -0.05) is 18.2 Å². The van der Waals surface area contributed by atoms with Crippen LogP contribution >= 0.6 is 0 Å². The van der Waals surface area contributed by atoms with Crippen LogP contribution in [0.15, 0.2) is 48.5 Å². The molecule has 0 radical (unpaired) electrons. The predicted octanol–water partition coefficient (Wildman–Crippen LogP) is 3.46. The Morgan fingerprint density at radius 1 is 1.22 bits per heavy atom. The minimum atomic E-state index is -0.453. The molecule has 1 unspecified atom stereocenters.